The molecule has 2 N–H and O–H groups in total. The van der Waals surface area contributed by atoms with E-state index in [9.17, 15) is 14.7 Å². The minimum atomic E-state index is -1.14. The number of rotatable bonds is 8. The largest absolute Gasteiger partial charge is 0.480 e. The van der Waals surface area contributed by atoms with Crippen LogP contribution in [0.3, 0.4) is 0 Å². The third kappa shape index (κ3) is 4.84. The SMILES string of the molecule is COCC(NC(=O)c1oc2ccccc2c1CSC1CCCCC1)C(=O)O. The predicted molar refractivity (Wildman–Crippen MR) is 105 cm³/mol. The molecule has 1 heterocycles. The average Bonchev–Trinajstić information content (AvgIpc) is 3.05. The van der Waals surface area contributed by atoms with Gasteiger partial charge < -0.3 is 19.6 Å². The number of carboxylic acids is 1. The summed E-state index contributed by atoms with van der Waals surface area (Å²) in [5.74, 6) is -0.789. The van der Waals surface area contributed by atoms with Crippen LogP contribution < -0.4 is 5.32 Å². The number of hydrogen-bond acceptors (Lipinski definition) is 5. The zero-order chi connectivity index (χ0) is 19.2. The molecule has 1 aromatic carbocycles. The van der Waals surface area contributed by atoms with Gasteiger partial charge in [0.05, 0.1) is 6.61 Å². The Kier molecular flexibility index (Phi) is 6.79. The minimum Gasteiger partial charge on any atom is -0.480 e. The molecule has 0 bridgehead atoms. The molecule has 27 heavy (non-hydrogen) atoms. The van der Waals surface area contributed by atoms with Crippen molar-refractivity contribution in [1.29, 1.82) is 0 Å². The van der Waals surface area contributed by atoms with E-state index in [1.54, 1.807) is 0 Å². The van der Waals surface area contributed by atoms with E-state index in [1.807, 2.05) is 36.0 Å². The molecule has 1 aliphatic carbocycles. The van der Waals surface area contributed by atoms with Crippen LogP contribution in [0.1, 0.15) is 48.2 Å². The van der Waals surface area contributed by atoms with Gasteiger partial charge in [0.1, 0.15) is 5.58 Å². The quantitative estimate of drug-likeness (QED) is 0.711. The molecule has 1 atom stereocenters. The Hall–Kier alpha value is -1.99. The standard InChI is InChI=1S/C20H25NO5S/c1-25-11-16(20(23)24)21-19(22)18-15(12-27-13-7-3-2-4-8-13)14-9-5-6-10-17(14)26-18/h5-6,9-10,13,16H,2-4,7-8,11-12H2,1H3,(H,21,22)(H,23,24). The van der Waals surface area contributed by atoms with E-state index in [0.717, 1.165) is 10.9 Å². The van der Waals surface area contributed by atoms with E-state index in [4.69, 9.17) is 9.15 Å². The lowest BCUT2D eigenvalue weighted by Crippen LogP contribution is -2.43. The van der Waals surface area contributed by atoms with Gasteiger partial charge in [-0.25, -0.2) is 4.79 Å². The van der Waals surface area contributed by atoms with Crippen LogP contribution in [0.15, 0.2) is 28.7 Å². The highest BCUT2D eigenvalue weighted by Gasteiger charge is 2.26. The highest BCUT2D eigenvalue weighted by Crippen LogP contribution is 2.35. The fourth-order valence-corrected chi connectivity index (χ4v) is 4.78. The number of para-hydroxylation sites is 1. The van der Waals surface area contributed by atoms with Gasteiger partial charge in [-0.1, -0.05) is 37.5 Å². The molecule has 1 amide bonds. The summed E-state index contributed by atoms with van der Waals surface area (Å²) in [6, 6.07) is 6.42. The number of fused-ring (bicyclic) bond motifs is 1. The second-order valence-corrected chi connectivity index (χ2v) is 8.09. The van der Waals surface area contributed by atoms with Crippen molar-refractivity contribution < 1.29 is 23.8 Å². The maximum absolute atomic E-state index is 12.7. The number of amides is 1. The first-order chi connectivity index (χ1) is 13.1. The number of furan rings is 1. The number of ether oxygens (including phenoxy) is 1. The Labute approximate surface area is 162 Å². The lowest BCUT2D eigenvalue weighted by Gasteiger charge is -2.21. The van der Waals surface area contributed by atoms with Crippen LogP contribution in [-0.2, 0) is 15.3 Å². The molecule has 6 nitrogen and oxygen atoms in total. The van der Waals surface area contributed by atoms with Crippen molar-refractivity contribution in [2.45, 2.75) is 49.1 Å². The van der Waals surface area contributed by atoms with E-state index in [1.165, 1.54) is 39.2 Å². The summed E-state index contributed by atoms with van der Waals surface area (Å²) in [6.45, 7) is -0.104. The number of carboxylic acid groups (broad SMARTS) is 1. The lowest BCUT2D eigenvalue weighted by atomic mass is 10.0. The van der Waals surface area contributed by atoms with Crippen LogP contribution in [0, 0.1) is 0 Å². The van der Waals surface area contributed by atoms with Crippen molar-refractivity contribution in [3.63, 3.8) is 0 Å². The summed E-state index contributed by atoms with van der Waals surface area (Å²) in [5, 5.41) is 13.3. The molecule has 0 radical (unpaired) electrons. The van der Waals surface area contributed by atoms with Crippen molar-refractivity contribution in [2.24, 2.45) is 0 Å². The first kappa shape index (κ1) is 19.8. The molecule has 0 spiro atoms. The molecule has 1 unspecified atom stereocenters. The number of thioether (sulfide) groups is 1. The van der Waals surface area contributed by atoms with Gasteiger partial charge in [-0.2, -0.15) is 11.8 Å². The van der Waals surface area contributed by atoms with E-state index in [-0.39, 0.29) is 12.4 Å². The predicted octanol–water partition coefficient (Wildman–Crippen LogP) is 3.83. The number of carbonyl (C=O) groups excluding carboxylic acids is 1. The number of nitrogens with one attached hydrogen (secondary N) is 1. The minimum absolute atomic E-state index is 0.104. The molecule has 1 aliphatic rings. The number of benzene rings is 1. The summed E-state index contributed by atoms with van der Waals surface area (Å²) in [5.41, 5.74) is 1.47. The number of methoxy groups -OCH3 is 1. The fourth-order valence-electron chi connectivity index (χ4n) is 3.42. The topological polar surface area (TPSA) is 88.8 Å². The maximum Gasteiger partial charge on any atom is 0.328 e. The molecule has 0 saturated heterocycles. The van der Waals surface area contributed by atoms with Crippen LogP contribution >= 0.6 is 11.8 Å². The van der Waals surface area contributed by atoms with Gasteiger partial charge in [-0.3, -0.25) is 4.79 Å². The Morgan fingerprint density at radius 1 is 1.30 bits per heavy atom. The van der Waals surface area contributed by atoms with E-state index in [0.29, 0.717) is 16.6 Å². The normalized spacial score (nSPS) is 16.3. The van der Waals surface area contributed by atoms with Gasteiger partial charge in [0.15, 0.2) is 11.8 Å². The monoisotopic (exact) mass is 391 g/mol. The van der Waals surface area contributed by atoms with E-state index >= 15 is 0 Å². The van der Waals surface area contributed by atoms with Gasteiger partial charge in [0.2, 0.25) is 0 Å². The van der Waals surface area contributed by atoms with Crippen LogP contribution in [0.4, 0.5) is 0 Å². The first-order valence-electron chi connectivity index (χ1n) is 9.24. The van der Waals surface area contributed by atoms with Gasteiger partial charge >= 0.3 is 5.97 Å². The Bertz CT molecular complexity index is 797. The van der Waals surface area contributed by atoms with Gasteiger partial charge in [0, 0.05) is 29.1 Å². The van der Waals surface area contributed by atoms with Crippen LogP contribution in [-0.4, -0.2) is 42.0 Å². The molecule has 146 valence electrons. The molecule has 1 aromatic heterocycles. The highest BCUT2D eigenvalue weighted by molar-refractivity contribution is 7.99. The number of carbonyl (C=O) groups is 2. The molecule has 2 aromatic rings. The molecule has 3 rings (SSSR count). The molecular weight excluding hydrogens is 366 g/mol. The Morgan fingerprint density at radius 2 is 2.04 bits per heavy atom. The molecule has 7 heteroatoms. The Morgan fingerprint density at radius 3 is 2.74 bits per heavy atom. The second kappa shape index (κ2) is 9.28. The maximum atomic E-state index is 12.7. The zero-order valence-electron chi connectivity index (χ0n) is 15.4. The van der Waals surface area contributed by atoms with Crippen molar-refractivity contribution in [3.8, 4) is 0 Å². The van der Waals surface area contributed by atoms with Gasteiger partial charge in [-0.05, 0) is 18.9 Å². The van der Waals surface area contributed by atoms with Gasteiger partial charge in [0.25, 0.3) is 5.91 Å². The molecule has 1 saturated carbocycles. The van der Waals surface area contributed by atoms with Crippen molar-refractivity contribution >= 4 is 34.6 Å². The average molecular weight is 391 g/mol. The number of aliphatic carboxylic acids is 1. The van der Waals surface area contributed by atoms with Crippen molar-refractivity contribution in [1.82, 2.24) is 5.32 Å². The summed E-state index contributed by atoms with van der Waals surface area (Å²) >= 11 is 1.86. The second-order valence-electron chi connectivity index (χ2n) is 6.80. The lowest BCUT2D eigenvalue weighted by molar-refractivity contribution is -0.140. The van der Waals surface area contributed by atoms with Gasteiger partial charge in [-0.15, -0.1) is 0 Å². The smallest absolute Gasteiger partial charge is 0.328 e. The molecule has 1 fully saturated rings. The summed E-state index contributed by atoms with van der Waals surface area (Å²) in [6.07, 6.45) is 6.23. The van der Waals surface area contributed by atoms with Crippen molar-refractivity contribution in [2.75, 3.05) is 13.7 Å². The fraction of sp³-hybridized carbons (Fsp3) is 0.500. The molecule has 0 aliphatic heterocycles. The van der Waals surface area contributed by atoms with Crippen LogP contribution in [0.5, 0.6) is 0 Å². The first-order valence-corrected chi connectivity index (χ1v) is 10.3. The van der Waals surface area contributed by atoms with E-state index in [2.05, 4.69) is 5.32 Å². The summed E-state index contributed by atoms with van der Waals surface area (Å²) in [7, 11) is 1.40. The zero-order valence-corrected chi connectivity index (χ0v) is 16.2. The van der Waals surface area contributed by atoms with Crippen LogP contribution in [0.25, 0.3) is 11.0 Å². The van der Waals surface area contributed by atoms with Crippen molar-refractivity contribution in [3.05, 3.63) is 35.6 Å². The summed E-state index contributed by atoms with van der Waals surface area (Å²) < 4.78 is 10.7. The number of hydrogen-bond donors (Lipinski definition) is 2. The Balaban J connectivity index is 1.82. The van der Waals surface area contributed by atoms with Crippen LogP contribution in [0.2, 0.25) is 0 Å². The highest BCUT2D eigenvalue weighted by atomic mass is 32.2. The molecular formula is C20H25NO5S. The van der Waals surface area contributed by atoms with E-state index < -0.39 is 17.9 Å². The third-order valence-corrected chi connectivity index (χ3v) is 6.25. The third-order valence-electron chi connectivity index (χ3n) is 4.86. The summed E-state index contributed by atoms with van der Waals surface area (Å²) in [4.78, 5) is 24.1.